The van der Waals surface area contributed by atoms with E-state index in [9.17, 15) is 9.59 Å². The van der Waals surface area contributed by atoms with Crippen molar-refractivity contribution < 1.29 is 9.53 Å². The number of carbonyl (C=O) groups excluding carboxylic acids is 1. The van der Waals surface area contributed by atoms with Crippen molar-refractivity contribution in [3.05, 3.63) is 57.9 Å². The number of hydrogen-bond donors (Lipinski definition) is 1. The smallest absolute Gasteiger partial charge is 0.261 e. The standard InChI is InChI=1S/C17H18N2O3/c1-12-3-2-4-13(11-12)15-6-5-14(16(20)18-15)17(21)19-7-9-22-10-8-19/h2-6,11H,7-10H2,1H3,(H,18,20). The van der Waals surface area contributed by atoms with Crippen LogP contribution in [0.25, 0.3) is 11.3 Å². The lowest BCUT2D eigenvalue weighted by Crippen LogP contribution is -2.42. The summed E-state index contributed by atoms with van der Waals surface area (Å²) in [5.74, 6) is -0.236. The average Bonchev–Trinajstić information content (AvgIpc) is 2.55. The van der Waals surface area contributed by atoms with Crippen molar-refractivity contribution in [1.82, 2.24) is 9.88 Å². The summed E-state index contributed by atoms with van der Waals surface area (Å²) in [4.78, 5) is 29.1. The Kier molecular flexibility index (Phi) is 4.06. The molecule has 0 unspecified atom stereocenters. The summed E-state index contributed by atoms with van der Waals surface area (Å²) >= 11 is 0. The molecule has 1 saturated heterocycles. The van der Waals surface area contributed by atoms with Gasteiger partial charge >= 0.3 is 0 Å². The zero-order valence-electron chi connectivity index (χ0n) is 12.5. The average molecular weight is 298 g/mol. The molecule has 1 aromatic carbocycles. The largest absolute Gasteiger partial charge is 0.378 e. The SMILES string of the molecule is Cc1cccc(-c2ccc(C(=O)N3CCOCC3)c(=O)[nH]2)c1. The number of rotatable bonds is 2. The van der Waals surface area contributed by atoms with Crippen LogP contribution in [0.3, 0.4) is 0 Å². The second-order valence-electron chi connectivity index (χ2n) is 5.39. The number of H-pyrrole nitrogens is 1. The quantitative estimate of drug-likeness (QED) is 0.920. The fourth-order valence-electron chi connectivity index (χ4n) is 2.56. The number of hydrogen-bond acceptors (Lipinski definition) is 3. The zero-order valence-corrected chi connectivity index (χ0v) is 12.5. The number of aromatic nitrogens is 1. The van der Waals surface area contributed by atoms with Crippen molar-refractivity contribution in [3.63, 3.8) is 0 Å². The first-order chi connectivity index (χ1) is 10.6. The van der Waals surface area contributed by atoms with Gasteiger partial charge in [0.05, 0.1) is 13.2 Å². The summed E-state index contributed by atoms with van der Waals surface area (Å²) in [6, 6.07) is 11.3. The van der Waals surface area contributed by atoms with Gasteiger partial charge in [-0.25, -0.2) is 0 Å². The highest BCUT2D eigenvalue weighted by Crippen LogP contribution is 2.17. The Morgan fingerprint density at radius 1 is 1.18 bits per heavy atom. The van der Waals surface area contributed by atoms with Crippen molar-refractivity contribution in [1.29, 1.82) is 0 Å². The third-order valence-electron chi connectivity index (χ3n) is 3.77. The van der Waals surface area contributed by atoms with Gasteiger partial charge in [0.2, 0.25) is 0 Å². The molecular weight excluding hydrogens is 280 g/mol. The van der Waals surface area contributed by atoms with Crippen LogP contribution in [0.4, 0.5) is 0 Å². The maximum absolute atomic E-state index is 12.4. The van der Waals surface area contributed by atoms with Gasteiger partial charge in [0.25, 0.3) is 11.5 Å². The van der Waals surface area contributed by atoms with Gasteiger partial charge in [-0.05, 0) is 30.7 Å². The highest BCUT2D eigenvalue weighted by molar-refractivity contribution is 5.94. The van der Waals surface area contributed by atoms with Crippen molar-refractivity contribution in [3.8, 4) is 11.3 Å². The van der Waals surface area contributed by atoms with Gasteiger partial charge in [0.1, 0.15) is 5.56 Å². The molecular formula is C17H18N2O3. The Morgan fingerprint density at radius 2 is 1.95 bits per heavy atom. The van der Waals surface area contributed by atoms with Crippen LogP contribution < -0.4 is 5.56 Å². The highest BCUT2D eigenvalue weighted by Gasteiger charge is 2.21. The van der Waals surface area contributed by atoms with Gasteiger partial charge in [0, 0.05) is 18.8 Å². The van der Waals surface area contributed by atoms with Crippen LogP contribution in [0.1, 0.15) is 15.9 Å². The number of nitrogens with zero attached hydrogens (tertiary/aromatic N) is 1. The summed E-state index contributed by atoms with van der Waals surface area (Å²) in [5, 5.41) is 0. The number of nitrogens with one attached hydrogen (secondary N) is 1. The van der Waals surface area contributed by atoms with Gasteiger partial charge < -0.3 is 14.6 Å². The van der Waals surface area contributed by atoms with Crippen LogP contribution >= 0.6 is 0 Å². The minimum atomic E-state index is -0.351. The van der Waals surface area contributed by atoms with E-state index in [0.717, 1.165) is 11.1 Å². The Morgan fingerprint density at radius 3 is 2.64 bits per heavy atom. The fraction of sp³-hybridized carbons (Fsp3) is 0.294. The summed E-state index contributed by atoms with van der Waals surface area (Å²) < 4.78 is 5.22. The lowest BCUT2D eigenvalue weighted by Gasteiger charge is -2.26. The van der Waals surface area contributed by atoms with E-state index in [1.54, 1.807) is 17.0 Å². The third-order valence-corrected chi connectivity index (χ3v) is 3.77. The lowest BCUT2D eigenvalue weighted by atomic mass is 10.1. The van der Waals surface area contributed by atoms with Crippen LogP contribution in [0, 0.1) is 6.92 Å². The van der Waals surface area contributed by atoms with E-state index < -0.39 is 0 Å². The Hall–Kier alpha value is -2.40. The predicted molar refractivity (Wildman–Crippen MR) is 84.0 cm³/mol. The Bertz CT molecular complexity index is 746. The Labute approximate surface area is 128 Å². The lowest BCUT2D eigenvalue weighted by molar-refractivity contribution is 0.0301. The van der Waals surface area contributed by atoms with Crippen molar-refractivity contribution in [2.45, 2.75) is 6.92 Å². The summed E-state index contributed by atoms with van der Waals surface area (Å²) in [6.07, 6.45) is 0. The topological polar surface area (TPSA) is 62.4 Å². The number of carbonyl (C=O) groups is 1. The molecule has 1 aliphatic rings. The molecule has 1 aromatic heterocycles. The van der Waals surface area contributed by atoms with Gasteiger partial charge in [0.15, 0.2) is 0 Å². The second kappa shape index (κ2) is 6.15. The maximum Gasteiger partial charge on any atom is 0.261 e. The fourth-order valence-corrected chi connectivity index (χ4v) is 2.56. The van der Waals surface area contributed by atoms with Crippen molar-refractivity contribution in [2.75, 3.05) is 26.3 Å². The molecule has 5 nitrogen and oxygen atoms in total. The van der Waals surface area contributed by atoms with Crippen LogP contribution in [0.5, 0.6) is 0 Å². The molecule has 5 heteroatoms. The van der Waals surface area contributed by atoms with E-state index in [1.807, 2.05) is 31.2 Å². The van der Waals surface area contributed by atoms with Crippen molar-refractivity contribution in [2.24, 2.45) is 0 Å². The minimum Gasteiger partial charge on any atom is -0.378 e. The molecule has 114 valence electrons. The molecule has 0 radical (unpaired) electrons. The van der Waals surface area contributed by atoms with Crippen LogP contribution in [0.2, 0.25) is 0 Å². The highest BCUT2D eigenvalue weighted by atomic mass is 16.5. The van der Waals surface area contributed by atoms with Gasteiger partial charge in [-0.3, -0.25) is 9.59 Å². The van der Waals surface area contributed by atoms with E-state index in [-0.39, 0.29) is 17.0 Å². The number of pyridine rings is 1. The first-order valence-electron chi connectivity index (χ1n) is 7.32. The van der Waals surface area contributed by atoms with Crippen LogP contribution in [-0.2, 0) is 4.74 Å². The molecule has 2 aromatic rings. The zero-order chi connectivity index (χ0) is 15.5. The molecule has 1 aliphatic heterocycles. The molecule has 22 heavy (non-hydrogen) atoms. The number of aromatic amines is 1. The monoisotopic (exact) mass is 298 g/mol. The minimum absolute atomic E-state index is 0.179. The normalized spacial score (nSPS) is 14.9. The molecule has 2 heterocycles. The van der Waals surface area contributed by atoms with Gasteiger partial charge in [-0.2, -0.15) is 0 Å². The van der Waals surface area contributed by atoms with Crippen molar-refractivity contribution >= 4 is 5.91 Å². The first kappa shape index (κ1) is 14.5. The van der Waals surface area contributed by atoms with E-state index in [4.69, 9.17) is 4.74 Å². The van der Waals surface area contributed by atoms with E-state index in [1.165, 1.54) is 0 Å². The predicted octanol–water partition coefficient (Wildman–Crippen LogP) is 1.82. The maximum atomic E-state index is 12.4. The van der Waals surface area contributed by atoms with E-state index in [2.05, 4.69) is 4.98 Å². The molecule has 0 bridgehead atoms. The molecule has 0 atom stereocenters. The molecule has 1 N–H and O–H groups in total. The molecule has 3 rings (SSSR count). The van der Waals surface area contributed by atoms with Gasteiger partial charge in [-0.15, -0.1) is 0 Å². The number of ether oxygens (including phenoxy) is 1. The molecule has 1 fully saturated rings. The number of amides is 1. The Balaban J connectivity index is 1.89. The third kappa shape index (κ3) is 2.94. The summed E-state index contributed by atoms with van der Waals surface area (Å²) in [7, 11) is 0. The summed E-state index contributed by atoms with van der Waals surface area (Å²) in [5.41, 5.74) is 2.59. The van der Waals surface area contributed by atoms with E-state index >= 15 is 0 Å². The number of benzene rings is 1. The van der Waals surface area contributed by atoms with E-state index in [0.29, 0.717) is 32.0 Å². The molecule has 1 amide bonds. The van der Waals surface area contributed by atoms with Crippen LogP contribution in [-0.4, -0.2) is 42.1 Å². The number of aryl methyl sites for hydroxylation is 1. The molecule has 0 spiro atoms. The van der Waals surface area contributed by atoms with Crippen LogP contribution in [0.15, 0.2) is 41.2 Å². The number of morpholine rings is 1. The van der Waals surface area contributed by atoms with Gasteiger partial charge in [-0.1, -0.05) is 23.8 Å². The molecule has 0 saturated carbocycles. The second-order valence-corrected chi connectivity index (χ2v) is 5.39. The molecule has 0 aliphatic carbocycles. The first-order valence-corrected chi connectivity index (χ1v) is 7.32. The summed E-state index contributed by atoms with van der Waals surface area (Å²) in [6.45, 7) is 4.09.